The SMILES string of the molecule is CC(C)(C)N[C@@H](CCc1ccccc1)C(N)=O. The van der Waals surface area contributed by atoms with E-state index in [-0.39, 0.29) is 17.5 Å². The van der Waals surface area contributed by atoms with Crippen molar-refractivity contribution in [3.05, 3.63) is 35.9 Å². The van der Waals surface area contributed by atoms with Gasteiger partial charge in [0.15, 0.2) is 0 Å². The van der Waals surface area contributed by atoms with Crippen molar-refractivity contribution in [2.75, 3.05) is 0 Å². The molecule has 0 bridgehead atoms. The van der Waals surface area contributed by atoms with Gasteiger partial charge in [-0.3, -0.25) is 4.79 Å². The van der Waals surface area contributed by atoms with Crippen LogP contribution in [0.25, 0.3) is 0 Å². The van der Waals surface area contributed by atoms with Crippen LogP contribution in [0.3, 0.4) is 0 Å². The summed E-state index contributed by atoms with van der Waals surface area (Å²) >= 11 is 0. The molecule has 1 aromatic carbocycles. The molecular formula is C14H22N2O. The van der Waals surface area contributed by atoms with Gasteiger partial charge in [-0.2, -0.15) is 0 Å². The number of carbonyl (C=O) groups is 1. The molecule has 0 spiro atoms. The van der Waals surface area contributed by atoms with Gasteiger partial charge < -0.3 is 11.1 Å². The van der Waals surface area contributed by atoms with Crippen molar-refractivity contribution in [3.63, 3.8) is 0 Å². The van der Waals surface area contributed by atoms with Gasteiger partial charge in [0.1, 0.15) is 0 Å². The second-order valence-corrected chi connectivity index (χ2v) is 5.37. The third kappa shape index (κ3) is 5.50. The van der Waals surface area contributed by atoms with Gasteiger partial charge in [-0.15, -0.1) is 0 Å². The summed E-state index contributed by atoms with van der Waals surface area (Å²) in [5.41, 5.74) is 6.54. The number of hydrogen-bond acceptors (Lipinski definition) is 2. The summed E-state index contributed by atoms with van der Waals surface area (Å²) < 4.78 is 0. The molecule has 0 unspecified atom stereocenters. The molecular weight excluding hydrogens is 212 g/mol. The highest BCUT2D eigenvalue weighted by atomic mass is 16.1. The minimum atomic E-state index is -0.282. The van der Waals surface area contributed by atoms with Crippen LogP contribution in [0.5, 0.6) is 0 Å². The molecule has 0 fully saturated rings. The van der Waals surface area contributed by atoms with E-state index >= 15 is 0 Å². The van der Waals surface area contributed by atoms with Crippen LogP contribution >= 0.6 is 0 Å². The van der Waals surface area contributed by atoms with Crippen LogP contribution in [0.15, 0.2) is 30.3 Å². The molecule has 0 aromatic heterocycles. The van der Waals surface area contributed by atoms with Gasteiger partial charge in [-0.25, -0.2) is 0 Å². The summed E-state index contributed by atoms with van der Waals surface area (Å²) in [5.74, 6) is -0.282. The summed E-state index contributed by atoms with van der Waals surface area (Å²) in [6.45, 7) is 6.10. The molecule has 1 rings (SSSR count). The van der Waals surface area contributed by atoms with Crippen molar-refractivity contribution >= 4 is 5.91 Å². The van der Waals surface area contributed by atoms with Crippen molar-refractivity contribution in [1.29, 1.82) is 0 Å². The van der Waals surface area contributed by atoms with Crippen LogP contribution in [0.1, 0.15) is 32.8 Å². The Morgan fingerprint density at radius 2 is 1.88 bits per heavy atom. The first-order valence-electron chi connectivity index (χ1n) is 5.99. The standard InChI is InChI=1S/C14H22N2O/c1-14(2,3)16-12(13(15)17)10-9-11-7-5-4-6-8-11/h4-8,12,16H,9-10H2,1-3H3,(H2,15,17)/t12-/m0/s1. The zero-order valence-corrected chi connectivity index (χ0v) is 10.9. The Labute approximate surface area is 103 Å². The number of nitrogens with one attached hydrogen (secondary N) is 1. The molecule has 3 N–H and O–H groups in total. The lowest BCUT2D eigenvalue weighted by molar-refractivity contribution is -0.120. The number of hydrogen-bond donors (Lipinski definition) is 2. The first-order valence-corrected chi connectivity index (χ1v) is 5.99. The van der Waals surface area contributed by atoms with E-state index in [1.807, 2.05) is 39.0 Å². The highest BCUT2D eigenvalue weighted by Crippen LogP contribution is 2.08. The fourth-order valence-corrected chi connectivity index (χ4v) is 1.76. The van der Waals surface area contributed by atoms with E-state index in [2.05, 4.69) is 17.4 Å². The summed E-state index contributed by atoms with van der Waals surface area (Å²) in [6.07, 6.45) is 1.59. The summed E-state index contributed by atoms with van der Waals surface area (Å²) in [5, 5.41) is 3.25. The van der Waals surface area contributed by atoms with Crippen molar-refractivity contribution in [2.24, 2.45) is 5.73 Å². The lowest BCUT2D eigenvalue weighted by atomic mass is 10.0. The fraction of sp³-hybridized carbons (Fsp3) is 0.500. The molecule has 0 aliphatic rings. The van der Waals surface area contributed by atoms with E-state index < -0.39 is 0 Å². The molecule has 0 saturated heterocycles. The second kappa shape index (κ2) is 5.82. The third-order valence-corrected chi connectivity index (χ3v) is 2.52. The summed E-state index contributed by atoms with van der Waals surface area (Å²) in [7, 11) is 0. The summed E-state index contributed by atoms with van der Waals surface area (Å²) in [6, 6.07) is 9.86. The molecule has 0 saturated carbocycles. The predicted octanol–water partition coefficient (Wildman–Crippen LogP) is 1.86. The number of benzene rings is 1. The lowest BCUT2D eigenvalue weighted by Crippen LogP contribution is -2.50. The molecule has 0 heterocycles. The topological polar surface area (TPSA) is 55.1 Å². The Morgan fingerprint density at radius 3 is 2.35 bits per heavy atom. The zero-order chi connectivity index (χ0) is 12.9. The number of rotatable bonds is 5. The largest absolute Gasteiger partial charge is 0.368 e. The maximum atomic E-state index is 11.4. The van der Waals surface area contributed by atoms with Gasteiger partial charge in [0.05, 0.1) is 6.04 Å². The van der Waals surface area contributed by atoms with E-state index in [9.17, 15) is 4.79 Å². The minimum Gasteiger partial charge on any atom is -0.368 e. The molecule has 3 heteroatoms. The number of amides is 1. The van der Waals surface area contributed by atoms with E-state index in [4.69, 9.17) is 5.73 Å². The average molecular weight is 234 g/mol. The van der Waals surface area contributed by atoms with Crippen LogP contribution < -0.4 is 11.1 Å². The highest BCUT2D eigenvalue weighted by molar-refractivity contribution is 5.79. The number of primary amides is 1. The average Bonchev–Trinajstić information content (AvgIpc) is 2.24. The van der Waals surface area contributed by atoms with E-state index in [1.165, 1.54) is 5.56 Å². The monoisotopic (exact) mass is 234 g/mol. The third-order valence-electron chi connectivity index (χ3n) is 2.52. The molecule has 1 aromatic rings. The Hall–Kier alpha value is -1.35. The highest BCUT2D eigenvalue weighted by Gasteiger charge is 2.21. The zero-order valence-electron chi connectivity index (χ0n) is 10.9. The van der Waals surface area contributed by atoms with Crippen LogP contribution in [-0.4, -0.2) is 17.5 Å². The first kappa shape index (κ1) is 13.7. The van der Waals surface area contributed by atoms with E-state index in [1.54, 1.807) is 0 Å². The lowest BCUT2D eigenvalue weighted by Gasteiger charge is -2.26. The fourth-order valence-electron chi connectivity index (χ4n) is 1.76. The molecule has 94 valence electrons. The van der Waals surface area contributed by atoms with Gasteiger partial charge in [-0.05, 0) is 39.2 Å². The number of nitrogens with two attached hydrogens (primary N) is 1. The minimum absolute atomic E-state index is 0.101. The molecule has 0 aliphatic heterocycles. The molecule has 17 heavy (non-hydrogen) atoms. The molecule has 3 nitrogen and oxygen atoms in total. The smallest absolute Gasteiger partial charge is 0.234 e. The number of carbonyl (C=O) groups excluding carboxylic acids is 1. The Morgan fingerprint density at radius 1 is 1.29 bits per heavy atom. The maximum absolute atomic E-state index is 11.4. The van der Waals surface area contributed by atoms with Crippen LogP contribution in [0.4, 0.5) is 0 Å². The Bertz CT molecular complexity index is 354. The van der Waals surface area contributed by atoms with E-state index in [0.717, 1.165) is 12.8 Å². The van der Waals surface area contributed by atoms with Crippen LogP contribution in [0.2, 0.25) is 0 Å². The van der Waals surface area contributed by atoms with E-state index in [0.29, 0.717) is 0 Å². The quantitative estimate of drug-likeness (QED) is 0.817. The van der Waals surface area contributed by atoms with Gasteiger partial charge in [0.25, 0.3) is 0 Å². The van der Waals surface area contributed by atoms with Crippen molar-refractivity contribution < 1.29 is 4.79 Å². The first-order chi connectivity index (χ1) is 7.88. The maximum Gasteiger partial charge on any atom is 0.234 e. The molecule has 1 amide bonds. The van der Waals surface area contributed by atoms with Gasteiger partial charge >= 0.3 is 0 Å². The van der Waals surface area contributed by atoms with Crippen molar-refractivity contribution in [1.82, 2.24) is 5.32 Å². The van der Waals surface area contributed by atoms with Crippen molar-refractivity contribution in [3.8, 4) is 0 Å². The van der Waals surface area contributed by atoms with Crippen LogP contribution in [-0.2, 0) is 11.2 Å². The Kier molecular flexibility index (Phi) is 4.70. The van der Waals surface area contributed by atoms with Gasteiger partial charge in [0.2, 0.25) is 5.91 Å². The molecule has 0 aliphatic carbocycles. The normalized spacial score (nSPS) is 13.4. The number of aryl methyl sites for hydroxylation is 1. The molecule has 0 radical (unpaired) electrons. The Balaban J connectivity index is 2.54. The van der Waals surface area contributed by atoms with Gasteiger partial charge in [-0.1, -0.05) is 30.3 Å². The second-order valence-electron chi connectivity index (χ2n) is 5.37. The predicted molar refractivity (Wildman–Crippen MR) is 70.6 cm³/mol. The summed E-state index contributed by atoms with van der Waals surface area (Å²) in [4.78, 5) is 11.4. The van der Waals surface area contributed by atoms with Gasteiger partial charge in [0, 0.05) is 5.54 Å². The molecule has 1 atom stereocenters. The van der Waals surface area contributed by atoms with Crippen LogP contribution in [0, 0.1) is 0 Å². The van der Waals surface area contributed by atoms with Crippen molar-refractivity contribution in [2.45, 2.75) is 45.2 Å².